The average Bonchev–Trinajstić information content (AvgIpc) is 2.65. The Balaban J connectivity index is 1.90. The minimum Gasteiger partial charge on any atom is -0.497 e. The lowest BCUT2D eigenvalue weighted by atomic mass is 10.2. The van der Waals surface area contributed by atoms with Crippen LogP contribution in [0.2, 0.25) is 0 Å². The summed E-state index contributed by atoms with van der Waals surface area (Å²) in [6.07, 6.45) is 0. The molecule has 2 N–H and O–H groups in total. The predicted molar refractivity (Wildman–Crippen MR) is 99.2 cm³/mol. The zero-order valence-corrected chi connectivity index (χ0v) is 15.0. The minimum absolute atomic E-state index is 0.0639. The second-order valence-electron chi connectivity index (χ2n) is 5.63. The van der Waals surface area contributed by atoms with Gasteiger partial charge in [0.05, 0.1) is 19.9 Å². The van der Waals surface area contributed by atoms with Gasteiger partial charge < -0.3 is 20.1 Å². The number of nitrogens with one attached hydrogen (secondary N) is 2. The van der Waals surface area contributed by atoms with Crippen molar-refractivity contribution in [3.63, 3.8) is 0 Å². The summed E-state index contributed by atoms with van der Waals surface area (Å²) in [4.78, 5) is 8.45. The molecule has 0 saturated heterocycles. The van der Waals surface area contributed by atoms with Gasteiger partial charge in [-0.25, -0.2) is 13.8 Å². The molecular formula is C19H18F2N4O2. The minimum atomic E-state index is -0.730. The molecule has 0 unspecified atom stereocenters. The van der Waals surface area contributed by atoms with Crippen molar-refractivity contribution in [3.05, 3.63) is 59.8 Å². The first-order chi connectivity index (χ1) is 13.0. The molecule has 27 heavy (non-hydrogen) atoms. The summed E-state index contributed by atoms with van der Waals surface area (Å²) in [6.45, 7) is 1.75. The number of nitrogens with zero attached hydrogens (tertiary/aromatic N) is 2. The molecule has 2 aromatic carbocycles. The molecule has 1 aromatic heterocycles. The van der Waals surface area contributed by atoms with Gasteiger partial charge in [-0.2, -0.15) is 4.98 Å². The van der Waals surface area contributed by atoms with Crippen LogP contribution in [0.4, 0.5) is 31.9 Å². The molecule has 6 nitrogen and oxygen atoms in total. The molecule has 3 aromatic rings. The van der Waals surface area contributed by atoms with Crippen LogP contribution >= 0.6 is 0 Å². The highest BCUT2D eigenvalue weighted by molar-refractivity contribution is 5.67. The van der Waals surface area contributed by atoms with Gasteiger partial charge >= 0.3 is 0 Å². The monoisotopic (exact) mass is 372 g/mol. The summed E-state index contributed by atoms with van der Waals surface area (Å²) < 4.78 is 38.2. The van der Waals surface area contributed by atoms with Gasteiger partial charge in [0.1, 0.15) is 34.6 Å². The molecule has 0 amide bonds. The summed E-state index contributed by atoms with van der Waals surface area (Å²) in [7, 11) is 3.11. The van der Waals surface area contributed by atoms with Crippen LogP contribution in [-0.4, -0.2) is 24.2 Å². The van der Waals surface area contributed by atoms with Gasteiger partial charge in [-0.05, 0) is 31.2 Å². The van der Waals surface area contributed by atoms with Gasteiger partial charge in [0.25, 0.3) is 0 Å². The number of anilines is 4. The van der Waals surface area contributed by atoms with E-state index in [-0.39, 0.29) is 11.6 Å². The van der Waals surface area contributed by atoms with Crippen molar-refractivity contribution in [2.45, 2.75) is 6.92 Å². The Bertz CT molecular complexity index is 946. The third kappa shape index (κ3) is 4.22. The van der Waals surface area contributed by atoms with E-state index >= 15 is 0 Å². The number of aryl methyl sites for hydroxylation is 1. The van der Waals surface area contributed by atoms with Crippen LogP contribution in [0.25, 0.3) is 0 Å². The third-order valence-electron chi connectivity index (χ3n) is 3.73. The van der Waals surface area contributed by atoms with Crippen LogP contribution in [0.5, 0.6) is 11.5 Å². The highest BCUT2D eigenvalue weighted by Crippen LogP contribution is 2.31. The molecule has 0 aliphatic heterocycles. The quantitative estimate of drug-likeness (QED) is 0.661. The predicted octanol–water partition coefficient (Wildman–Crippen LogP) is 4.57. The number of para-hydroxylation sites is 1. The molecule has 3 rings (SSSR count). The van der Waals surface area contributed by atoms with Crippen molar-refractivity contribution in [1.82, 2.24) is 9.97 Å². The van der Waals surface area contributed by atoms with Crippen LogP contribution in [-0.2, 0) is 0 Å². The van der Waals surface area contributed by atoms with E-state index in [1.165, 1.54) is 6.07 Å². The molecule has 0 atom stereocenters. The van der Waals surface area contributed by atoms with Crippen molar-refractivity contribution in [3.8, 4) is 11.5 Å². The zero-order chi connectivity index (χ0) is 19.4. The normalized spacial score (nSPS) is 10.4. The second kappa shape index (κ2) is 7.86. The molecule has 0 fully saturated rings. The number of rotatable bonds is 6. The van der Waals surface area contributed by atoms with Crippen LogP contribution in [0.3, 0.4) is 0 Å². The Labute approximate surface area is 155 Å². The van der Waals surface area contributed by atoms with Crippen molar-refractivity contribution in [1.29, 1.82) is 0 Å². The van der Waals surface area contributed by atoms with E-state index in [0.29, 0.717) is 28.7 Å². The molecule has 1 heterocycles. The number of methoxy groups -OCH3 is 2. The Hall–Kier alpha value is -3.42. The molecular weight excluding hydrogens is 354 g/mol. The molecule has 0 spiro atoms. The summed E-state index contributed by atoms with van der Waals surface area (Å²) in [5.74, 6) is 0.242. The summed E-state index contributed by atoms with van der Waals surface area (Å²) in [5.41, 5.74) is 0.953. The first-order valence-electron chi connectivity index (χ1n) is 8.06. The van der Waals surface area contributed by atoms with Gasteiger partial charge in [-0.15, -0.1) is 0 Å². The molecule has 0 radical (unpaired) electrons. The lowest BCUT2D eigenvalue weighted by molar-refractivity contribution is 0.395. The number of benzene rings is 2. The Kier molecular flexibility index (Phi) is 5.35. The maximum Gasteiger partial charge on any atom is 0.229 e. The van der Waals surface area contributed by atoms with E-state index in [0.717, 1.165) is 12.1 Å². The molecule has 0 aliphatic carbocycles. The number of ether oxygens (including phenoxy) is 2. The van der Waals surface area contributed by atoms with Crippen LogP contribution < -0.4 is 20.1 Å². The van der Waals surface area contributed by atoms with Crippen molar-refractivity contribution in [2.75, 3.05) is 24.9 Å². The first-order valence-corrected chi connectivity index (χ1v) is 8.06. The summed E-state index contributed by atoms with van der Waals surface area (Å²) in [6, 6.07) is 10.6. The summed E-state index contributed by atoms with van der Waals surface area (Å²) in [5, 5.41) is 5.70. The van der Waals surface area contributed by atoms with Gasteiger partial charge in [0.2, 0.25) is 5.95 Å². The van der Waals surface area contributed by atoms with Crippen LogP contribution in [0, 0.1) is 18.6 Å². The fraction of sp³-hybridized carbons (Fsp3) is 0.158. The van der Waals surface area contributed by atoms with E-state index in [4.69, 9.17) is 9.47 Å². The van der Waals surface area contributed by atoms with E-state index in [9.17, 15) is 8.78 Å². The van der Waals surface area contributed by atoms with Crippen LogP contribution in [0.15, 0.2) is 42.5 Å². The number of aromatic nitrogens is 2. The largest absolute Gasteiger partial charge is 0.497 e. The highest BCUT2D eigenvalue weighted by atomic mass is 19.1. The first kappa shape index (κ1) is 18.4. The number of hydrogen-bond donors (Lipinski definition) is 2. The van der Waals surface area contributed by atoms with Crippen LogP contribution in [0.1, 0.15) is 5.69 Å². The fourth-order valence-electron chi connectivity index (χ4n) is 2.46. The van der Waals surface area contributed by atoms with Gasteiger partial charge in [0.15, 0.2) is 0 Å². The summed E-state index contributed by atoms with van der Waals surface area (Å²) >= 11 is 0. The smallest absolute Gasteiger partial charge is 0.229 e. The highest BCUT2D eigenvalue weighted by Gasteiger charge is 2.12. The lowest BCUT2D eigenvalue weighted by Gasteiger charge is -2.14. The second-order valence-corrected chi connectivity index (χ2v) is 5.63. The van der Waals surface area contributed by atoms with Gasteiger partial charge in [0, 0.05) is 17.8 Å². The van der Waals surface area contributed by atoms with E-state index in [1.807, 2.05) is 0 Å². The maximum absolute atomic E-state index is 13.9. The number of hydrogen-bond acceptors (Lipinski definition) is 6. The zero-order valence-electron chi connectivity index (χ0n) is 15.0. The molecule has 8 heteroatoms. The van der Waals surface area contributed by atoms with Gasteiger partial charge in [-0.1, -0.05) is 6.07 Å². The average molecular weight is 372 g/mol. The standard InChI is InChI=1S/C19H18F2N4O2/c1-11-9-17(23-15-8-7-12(26-2)10-16(15)27-3)24-19(22-11)25-18-13(20)5-4-6-14(18)21/h4-10H,1-3H3,(H2,22,23,24,25). The molecule has 0 bridgehead atoms. The Morgan fingerprint density at radius 2 is 1.63 bits per heavy atom. The fourth-order valence-corrected chi connectivity index (χ4v) is 2.46. The van der Waals surface area contributed by atoms with Crippen molar-refractivity contribution >= 4 is 23.1 Å². The molecule has 0 aliphatic rings. The molecule has 140 valence electrons. The van der Waals surface area contributed by atoms with Crippen molar-refractivity contribution < 1.29 is 18.3 Å². The van der Waals surface area contributed by atoms with E-state index < -0.39 is 11.6 Å². The lowest BCUT2D eigenvalue weighted by Crippen LogP contribution is -2.05. The number of halogens is 2. The van der Waals surface area contributed by atoms with Gasteiger partial charge in [-0.3, -0.25) is 0 Å². The topological polar surface area (TPSA) is 68.3 Å². The Morgan fingerprint density at radius 1 is 0.889 bits per heavy atom. The Morgan fingerprint density at radius 3 is 2.30 bits per heavy atom. The van der Waals surface area contributed by atoms with Crippen molar-refractivity contribution in [2.24, 2.45) is 0 Å². The molecule has 0 saturated carbocycles. The van der Waals surface area contributed by atoms with E-state index in [2.05, 4.69) is 20.6 Å². The maximum atomic E-state index is 13.9. The third-order valence-corrected chi connectivity index (χ3v) is 3.73. The van der Waals surface area contributed by atoms with E-state index in [1.54, 1.807) is 45.4 Å². The SMILES string of the molecule is COc1ccc(Nc2cc(C)nc(Nc3c(F)cccc3F)n2)c(OC)c1.